The highest BCUT2D eigenvalue weighted by Gasteiger charge is 2.41. The third kappa shape index (κ3) is 3.29. The summed E-state index contributed by atoms with van der Waals surface area (Å²) in [5.74, 6) is 1.74. The molecule has 2 aromatic rings. The lowest BCUT2D eigenvalue weighted by Gasteiger charge is -2.49. The zero-order valence-electron chi connectivity index (χ0n) is 15.8. The number of hydrogen-bond donors (Lipinski definition) is 1. The second-order valence-corrected chi connectivity index (χ2v) is 6.97. The van der Waals surface area contributed by atoms with E-state index in [0.29, 0.717) is 6.54 Å². The number of ether oxygens (including phenoxy) is 1. The third-order valence-corrected chi connectivity index (χ3v) is 5.49. The number of fused-ring (bicyclic) bond motifs is 3. The van der Waals surface area contributed by atoms with E-state index in [1.165, 1.54) is 11.3 Å². The lowest BCUT2D eigenvalue weighted by Crippen LogP contribution is -2.61. The first kappa shape index (κ1) is 17.6. The molecule has 1 aromatic carbocycles. The molecular formula is C20H25N5O2. The van der Waals surface area contributed by atoms with Crippen molar-refractivity contribution in [1.29, 1.82) is 0 Å². The van der Waals surface area contributed by atoms with E-state index in [4.69, 9.17) is 4.74 Å². The second kappa shape index (κ2) is 7.42. The lowest BCUT2D eigenvalue weighted by molar-refractivity contribution is -0.125. The zero-order valence-corrected chi connectivity index (χ0v) is 15.8. The Labute approximate surface area is 159 Å². The first-order valence-electron chi connectivity index (χ1n) is 9.43. The summed E-state index contributed by atoms with van der Waals surface area (Å²) in [6, 6.07) is 6.25. The second-order valence-electron chi connectivity index (χ2n) is 6.97. The van der Waals surface area contributed by atoms with Crippen LogP contribution < -0.4 is 19.9 Å². The summed E-state index contributed by atoms with van der Waals surface area (Å²) in [5, 5.41) is 3.02. The van der Waals surface area contributed by atoms with Crippen LogP contribution in [0.2, 0.25) is 0 Å². The fourth-order valence-electron chi connectivity index (χ4n) is 4.17. The van der Waals surface area contributed by atoms with Crippen molar-refractivity contribution in [2.45, 2.75) is 19.4 Å². The van der Waals surface area contributed by atoms with Crippen LogP contribution in [0.3, 0.4) is 0 Å². The minimum absolute atomic E-state index is 0.0897. The van der Waals surface area contributed by atoms with Crippen LogP contribution in [-0.2, 0) is 11.2 Å². The van der Waals surface area contributed by atoms with Crippen LogP contribution in [0.25, 0.3) is 0 Å². The number of nitrogens with zero attached hydrogens (tertiary/aromatic N) is 4. The van der Waals surface area contributed by atoms with Gasteiger partial charge in [0.15, 0.2) is 0 Å². The summed E-state index contributed by atoms with van der Waals surface area (Å²) < 4.78 is 5.43. The van der Waals surface area contributed by atoms with E-state index in [0.717, 1.165) is 37.6 Å². The minimum atomic E-state index is -0.0923. The van der Waals surface area contributed by atoms with E-state index in [1.807, 2.05) is 13.0 Å². The molecule has 2 aliphatic heterocycles. The SMILES string of the molecule is CCNC(=O)C1Cc2ccc(OC)cc2N2CCN(c3cnccn3)CC12. The van der Waals surface area contributed by atoms with Crippen molar-refractivity contribution in [1.82, 2.24) is 15.3 Å². The normalized spacial score (nSPS) is 21.3. The van der Waals surface area contributed by atoms with Gasteiger partial charge in [-0.2, -0.15) is 0 Å². The van der Waals surface area contributed by atoms with Crippen LogP contribution >= 0.6 is 0 Å². The third-order valence-electron chi connectivity index (χ3n) is 5.49. The molecule has 1 amide bonds. The van der Waals surface area contributed by atoms with E-state index in [-0.39, 0.29) is 17.9 Å². The fraction of sp³-hybridized carbons (Fsp3) is 0.450. The van der Waals surface area contributed by atoms with Crippen LogP contribution in [-0.4, -0.2) is 55.2 Å². The molecule has 142 valence electrons. The molecule has 0 aliphatic carbocycles. The van der Waals surface area contributed by atoms with E-state index < -0.39 is 0 Å². The number of nitrogens with one attached hydrogen (secondary N) is 1. The minimum Gasteiger partial charge on any atom is -0.497 e. The predicted molar refractivity (Wildman–Crippen MR) is 104 cm³/mol. The Morgan fingerprint density at radius 3 is 2.96 bits per heavy atom. The Morgan fingerprint density at radius 1 is 1.33 bits per heavy atom. The van der Waals surface area contributed by atoms with Crippen molar-refractivity contribution in [3.05, 3.63) is 42.4 Å². The van der Waals surface area contributed by atoms with E-state index in [1.54, 1.807) is 25.7 Å². The van der Waals surface area contributed by atoms with Gasteiger partial charge in [0.1, 0.15) is 11.6 Å². The molecule has 1 aromatic heterocycles. The number of rotatable bonds is 4. The number of aromatic nitrogens is 2. The van der Waals surface area contributed by atoms with Gasteiger partial charge in [-0.3, -0.25) is 9.78 Å². The predicted octanol–water partition coefficient (Wildman–Crippen LogP) is 1.49. The molecule has 2 aliphatic rings. The molecule has 2 atom stereocenters. The van der Waals surface area contributed by atoms with Crippen molar-refractivity contribution in [2.75, 3.05) is 43.1 Å². The number of piperazine rings is 1. The summed E-state index contributed by atoms with van der Waals surface area (Å²) in [6.07, 6.45) is 5.92. The molecule has 4 rings (SSSR count). The molecule has 7 nitrogen and oxygen atoms in total. The number of carbonyl (C=O) groups excluding carboxylic acids is 1. The maximum atomic E-state index is 12.8. The van der Waals surface area contributed by atoms with Crippen molar-refractivity contribution in [3.8, 4) is 5.75 Å². The molecule has 0 radical (unpaired) electrons. The van der Waals surface area contributed by atoms with Crippen LogP contribution in [0.15, 0.2) is 36.8 Å². The van der Waals surface area contributed by atoms with Crippen molar-refractivity contribution < 1.29 is 9.53 Å². The summed E-state index contributed by atoms with van der Waals surface area (Å²) in [4.78, 5) is 26.1. The molecule has 0 saturated carbocycles. The molecule has 3 heterocycles. The number of amides is 1. The van der Waals surface area contributed by atoms with Crippen molar-refractivity contribution in [2.24, 2.45) is 5.92 Å². The summed E-state index contributed by atoms with van der Waals surface area (Å²) in [7, 11) is 1.69. The van der Waals surface area contributed by atoms with Gasteiger partial charge in [-0.25, -0.2) is 4.98 Å². The highest BCUT2D eigenvalue weighted by Crippen LogP contribution is 2.38. The Balaban J connectivity index is 1.68. The fourth-order valence-corrected chi connectivity index (χ4v) is 4.17. The standard InChI is InChI=1S/C20H25N5O2/c1-3-22-20(26)16-10-14-4-5-15(27-2)11-17(14)25-9-8-24(13-18(16)25)19-12-21-6-7-23-19/h4-7,11-12,16,18H,3,8-10,13H2,1-2H3,(H,22,26). The van der Waals surface area contributed by atoms with Gasteiger partial charge in [0.25, 0.3) is 0 Å². The quantitative estimate of drug-likeness (QED) is 0.883. The number of benzene rings is 1. The van der Waals surface area contributed by atoms with Crippen LogP contribution in [0, 0.1) is 5.92 Å². The molecule has 1 saturated heterocycles. The van der Waals surface area contributed by atoms with Crippen LogP contribution in [0.4, 0.5) is 11.5 Å². The number of methoxy groups -OCH3 is 1. The molecule has 0 bridgehead atoms. The molecule has 0 spiro atoms. The van der Waals surface area contributed by atoms with Gasteiger partial charge in [-0.15, -0.1) is 0 Å². The Kier molecular flexibility index (Phi) is 4.83. The Morgan fingerprint density at radius 2 is 2.22 bits per heavy atom. The number of carbonyl (C=O) groups is 1. The molecule has 1 fully saturated rings. The Hall–Kier alpha value is -2.83. The monoisotopic (exact) mass is 367 g/mol. The zero-order chi connectivity index (χ0) is 18.8. The first-order valence-corrected chi connectivity index (χ1v) is 9.43. The average molecular weight is 367 g/mol. The van der Waals surface area contributed by atoms with Gasteiger partial charge in [-0.1, -0.05) is 6.07 Å². The molecular weight excluding hydrogens is 342 g/mol. The molecule has 7 heteroatoms. The maximum Gasteiger partial charge on any atom is 0.225 e. The Bertz CT molecular complexity index is 813. The van der Waals surface area contributed by atoms with E-state index >= 15 is 0 Å². The largest absolute Gasteiger partial charge is 0.497 e. The number of hydrogen-bond acceptors (Lipinski definition) is 6. The molecule has 2 unspecified atom stereocenters. The average Bonchev–Trinajstić information content (AvgIpc) is 2.73. The van der Waals surface area contributed by atoms with Gasteiger partial charge >= 0.3 is 0 Å². The summed E-state index contributed by atoms with van der Waals surface area (Å²) in [5.41, 5.74) is 2.38. The van der Waals surface area contributed by atoms with E-state index in [2.05, 4.69) is 37.2 Å². The lowest BCUT2D eigenvalue weighted by atomic mass is 9.83. The van der Waals surface area contributed by atoms with Crippen LogP contribution in [0.5, 0.6) is 5.75 Å². The summed E-state index contributed by atoms with van der Waals surface area (Å²) in [6.45, 7) is 5.03. The smallest absolute Gasteiger partial charge is 0.225 e. The van der Waals surface area contributed by atoms with Gasteiger partial charge in [0, 0.05) is 50.3 Å². The van der Waals surface area contributed by atoms with Gasteiger partial charge in [0.2, 0.25) is 5.91 Å². The van der Waals surface area contributed by atoms with E-state index in [9.17, 15) is 4.79 Å². The first-order chi connectivity index (χ1) is 13.2. The maximum absolute atomic E-state index is 12.8. The highest BCUT2D eigenvalue weighted by atomic mass is 16.5. The van der Waals surface area contributed by atoms with Gasteiger partial charge in [0.05, 0.1) is 25.3 Å². The number of anilines is 2. The summed E-state index contributed by atoms with van der Waals surface area (Å²) >= 11 is 0. The van der Waals surface area contributed by atoms with Crippen molar-refractivity contribution >= 4 is 17.4 Å². The molecule has 27 heavy (non-hydrogen) atoms. The van der Waals surface area contributed by atoms with Crippen LogP contribution in [0.1, 0.15) is 12.5 Å². The topological polar surface area (TPSA) is 70.6 Å². The highest BCUT2D eigenvalue weighted by molar-refractivity contribution is 5.82. The van der Waals surface area contributed by atoms with Crippen molar-refractivity contribution in [3.63, 3.8) is 0 Å². The van der Waals surface area contributed by atoms with Gasteiger partial charge in [-0.05, 0) is 25.0 Å². The van der Waals surface area contributed by atoms with Gasteiger partial charge < -0.3 is 19.9 Å². The molecule has 1 N–H and O–H groups in total.